The Kier molecular flexibility index (Phi) is 4.47. The molecule has 106 valence electrons. The second kappa shape index (κ2) is 5.92. The van der Waals surface area contributed by atoms with E-state index in [1.807, 2.05) is 20.9 Å². The van der Waals surface area contributed by atoms with Gasteiger partial charge in [-0.2, -0.15) is 5.10 Å². The van der Waals surface area contributed by atoms with Gasteiger partial charge in [0.05, 0.1) is 22.5 Å². The van der Waals surface area contributed by atoms with E-state index in [4.69, 9.17) is 11.6 Å². The van der Waals surface area contributed by atoms with Crippen LogP contribution in [0.25, 0.3) is 0 Å². The summed E-state index contributed by atoms with van der Waals surface area (Å²) >= 11 is 6.26. The fraction of sp³-hybridized carbons (Fsp3) is 0.692. The van der Waals surface area contributed by atoms with Gasteiger partial charge in [0.25, 0.3) is 0 Å². The number of halogens is 1. The first-order valence-electron chi connectivity index (χ1n) is 6.77. The van der Waals surface area contributed by atoms with E-state index in [9.17, 15) is 4.79 Å². The minimum Gasteiger partial charge on any atom is -0.352 e. The zero-order valence-corrected chi connectivity index (χ0v) is 12.4. The van der Waals surface area contributed by atoms with E-state index in [1.165, 1.54) is 0 Å². The van der Waals surface area contributed by atoms with E-state index in [1.54, 1.807) is 4.68 Å². The Morgan fingerprint density at radius 1 is 1.58 bits per heavy atom. The predicted molar refractivity (Wildman–Crippen MR) is 75.1 cm³/mol. The Labute approximate surface area is 118 Å². The van der Waals surface area contributed by atoms with Crippen LogP contribution in [0.15, 0.2) is 0 Å². The van der Waals surface area contributed by atoms with Crippen LogP contribution in [0.1, 0.15) is 38.1 Å². The lowest BCUT2D eigenvalue weighted by Crippen LogP contribution is -2.42. The van der Waals surface area contributed by atoms with Crippen LogP contribution in [-0.4, -0.2) is 27.8 Å². The summed E-state index contributed by atoms with van der Waals surface area (Å²) in [6, 6.07) is 0.167. The molecule has 1 aromatic heterocycles. The molecule has 2 N–H and O–H groups in total. The van der Waals surface area contributed by atoms with Crippen molar-refractivity contribution in [3.05, 3.63) is 16.4 Å². The van der Waals surface area contributed by atoms with Crippen molar-refractivity contribution in [1.29, 1.82) is 0 Å². The van der Waals surface area contributed by atoms with E-state index in [-0.39, 0.29) is 11.9 Å². The van der Waals surface area contributed by atoms with Crippen molar-refractivity contribution in [3.8, 4) is 0 Å². The first kappa shape index (κ1) is 14.3. The number of nitrogens with zero attached hydrogens (tertiary/aromatic N) is 2. The summed E-state index contributed by atoms with van der Waals surface area (Å²) in [6.07, 6.45) is 3.02. The molecule has 5 nitrogen and oxygen atoms in total. The maximum absolute atomic E-state index is 11.8. The molecular formula is C13H21ClN4O. The number of hydrogen-bond acceptors (Lipinski definition) is 3. The lowest BCUT2D eigenvalue weighted by molar-refractivity contribution is -0.122. The van der Waals surface area contributed by atoms with Gasteiger partial charge in [-0.3, -0.25) is 9.48 Å². The molecule has 0 aromatic carbocycles. The van der Waals surface area contributed by atoms with Crippen molar-refractivity contribution >= 4 is 17.5 Å². The zero-order chi connectivity index (χ0) is 14.0. The molecule has 1 aliphatic rings. The van der Waals surface area contributed by atoms with Crippen molar-refractivity contribution in [1.82, 2.24) is 20.4 Å². The van der Waals surface area contributed by atoms with Crippen LogP contribution < -0.4 is 10.6 Å². The SMILES string of the molecule is CCc1nn(C)c(CNC(C)C(=O)NC2CC2)c1Cl. The first-order chi connectivity index (χ1) is 9.02. The molecule has 0 saturated heterocycles. The molecule has 1 aromatic rings. The highest BCUT2D eigenvalue weighted by molar-refractivity contribution is 6.31. The van der Waals surface area contributed by atoms with Crippen molar-refractivity contribution in [3.63, 3.8) is 0 Å². The van der Waals surface area contributed by atoms with Gasteiger partial charge in [0.2, 0.25) is 5.91 Å². The molecule has 1 heterocycles. The van der Waals surface area contributed by atoms with Crippen molar-refractivity contribution < 1.29 is 4.79 Å². The highest BCUT2D eigenvalue weighted by Crippen LogP contribution is 2.21. The second-order valence-electron chi connectivity index (χ2n) is 5.07. The predicted octanol–water partition coefficient (Wildman–Crippen LogP) is 1.39. The number of hydrogen-bond donors (Lipinski definition) is 2. The third kappa shape index (κ3) is 3.48. The molecule has 1 fully saturated rings. The van der Waals surface area contributed by atoms with E-state index >= 15 is 0 Å². The molecular weight excluding hydrogens is 264 g/mol. The summed E-state index contributed by atoms with van der Waals surface area (Å²) in [5.74, 6) is 0.0523. The quantitative estimate of drug-likeness (QED) is 0.830. The molecule has 1 atom stereocenters. The molecule has 1 amide bonds. The molecule has 0 spiro atoms. The van der Waals surface area contributed by atoms with Crippen LogP contribution in [0.2, 0.25) is 5.02 Å². The number of carbonyl (C=O) groups is 1. The van der Waals surface area contributed by atoms with Crippen molar-refractivity contribution in [2.75, 3.05) is 0 Å². The number of carbonyl (C=O) groups excluding carboxylic acids is 1. The van der Waals surface area contributed by atoms with E-state index < -0.39 is 0 Å². The molecule has 2 rings (SSSR count). The second-order valence-corrected chi connectivity index (χ2v) is 5.45. The molecule has 0 bridgehead atoms. The van der Waals surface area contributed by atoms with E-state index in [2.05, 4.69) is 15.7 Å². The van der Waals surface area contributed by atoms with Crippen LogP contribution in [0, 0.1) is 0 Å². The normalized spacial score (nSPS) is 16.4. The summed E-state index contributed by atoms with van der Waals surface area (Å²) in [6.45, 7) is 4.43. The monoisotopic (exact) mass is 284 g/mol. The molecule has 19 heavy (non-hydrogen) atoms. The Morgan fingerprint density at radius 3 is 2.79 bits per heavy atom. The highest BCUT2D eigenvalue weighted by Gasteiger charge is 2.25. The van der Waals surface area contributed by atoms with Crippen LogP contribution in [-0.2, 0) is 24.8 Å². The fourth-order valence-electron chi connectivity index (χ4n) is 1.91. The van der Waals surface area contributed by atoms with Gasteiger partial charge in [-0.05, 0) is 26.2 Å². The number of rotatable bonds is 6. The van der Waals surface area contributed by atoms with Crippen LogP contribution in [0.5, 0.6) is 0 Å². The van der Waals surface area contributed by atoms with Crippen LogP contribution in [0.3, 0.4) is 0 Å². The number of nitrogens with one attached hydrogen (secondary N) is 2. The summed E-state index contributed by atoms with van der Waals surface area (Å²) < 4.78 is 1.78. The molecule has 6 heteroatoms. The average molecular weight is 285 g/mol. The summed E-state index contributed by atoms with van der Waals surface area (Å²) in [5.41, 5.74) is 1.82. The van der Waals surface area contributed by atoms with Gasteiger partial charge in [0.1, 0.15) is 0 Å². The van der Waals surface area contributed by atoms with Gasteiger partial charge in [0.15, 0.2) is 0 Å². The molecule has 0 aliphatic heterocycles. The Morgan fingerprint density at radius 2 is 2.26 bits per heavy atom. The third-order valence-electron chi connectivity index (χ3n) is 3.40. The van der Waals surface area contributed by atoms with E-state index in [0.29, 0.717) is 17.6 Å². The minimum atomic E-state index is -0.225. The smallest absolute Gasteiger partial charge is 0.237 e. The first-order valence-corrected chi connectivity index (χ1v) is 7.14. The molecule has 1 aliphatic carbocycles. The molecule has 0 radical (unpaired) electrons. The minimum absolute atomic E-state index is 0.0523. The average Bonchev–Trinajstić information content (AvgIpc) is 3.14. The lowest BCUT2D eigenvalue weighted by atomic mass is 10.2. The fourth-order valence-corrected chi connectivity index (χ4v) is 2.27. The molecule has 1 unspecified atom stereocenters. The number of aromatic nitrogens is 2. The number of amides is 1. The van der Waals surface area contributed by atoms with Gasteiger partial charge in [-0.15, -0.1) is 0 Å². The molecule has 1 saturated carbocycles. The lowest BCUT2D eigenvalue weighted by Gasteiger charge is -2.14. The van der Waals surface area contributed by atoms with Gasteiger partial charge in [-0.25, -0.2) is 0 Å². The van der Waals surface area contributed by atoms with Crippen LogP contribution in [0.4, 0.5) is 0 Å². The standard InChI is InChI=1S/C13H21ClN4O/c1-4-10-12(14)11(18(3)17-10)7-15-8(2)13(19)16-9-5-6-9/h8-9,15H,4-7H2,1-3H3,(H,16,19). The van der Waals surface area contributed by atoms with Gasteiger partial charge >= 0.3 is 0 Å². The summed E-state index contributed by atoms with van der Waals surface area (Å²) in [4.78, 5) is 11.8. The number of aryl methyl sites for hydroxylation is 2. The van der Waals surface area contributed by atoms with Crippen molar-refractivity contribution in [2.45, 2.75) is 51.7 Å². The zero-order valence-electron chi connectivity index (χ0n) is 11.7. The van der Waals surface area contributed by atoms with E-state index in [0.717, 1.165) is 30.7 Å². The maximum atomic E-state index is 11.8. The maximum Gasteiger partial charge on any atom is 0.237 e. The Hall–Kier alpha value is -1.07. The Bertz CT molecular complexity index is 467. The Balaban J connectivity index is 1.90. The third-order valence-corrected chi connectivity index (χ3v) is 3.83. The van der Waals surface area contributed by atoms with Gasteiger partial charge in [-0.1, -0.05) is 18.5 Å². The van der Waals surface area contributed by atoms with Crippen molar-refractivity contribution in [2.24, 2.45) is 7.05 Å². The summed E-state index contributed by atoms with van der Waals surface area (Å²) in [7, 11) is 1.87. The highest BCUT2D eigenvalue weighted by atomic mass is 35.5. The van der Waals surface area contributed by atoms with Crippen LogP contribution >= 0.6 is 11.6 Å². The van der Waals surface area contributed by atoms with Gasteiger partial charge < -0.3 is 10.6 Å². The van der Waals surface area contributed by atoms with Gasteiger partial charge in [0, 0.05) is 19.6 Å². The topological polar surface area (TPSA) is 59.0 Å². The largest absolute Gasteiger partial charge is 0.352 e. The summed E-state index contributed by atoms with van der Waals surface area (Å²) in [5, 5.41) is 11.2.